The molecule has 2 aromatic heterocycles. The molecule has 1 amide bonds. The second-order valence-electron chi connectivity index (χ2n) is 6.73. The largest absolute Gasteiger partial charge is 0.324 e. The van der Waals surface area contributed by atoms with Gasteiger partial charge in [0.15, 0.2) is 11.2 Å². The fourth-order valence-corrected chi connectivity index (χ4v) is 3.24. The number of aromatic nitrogens is 5. The Hall–Kier alpha value is -3.23. The highest BCUT2D eigenvalue weighted by Gasteiger charge is 2.14. The van der Waals surface area contributed by atoms with Gasteiger partial charge in [0.2, 0.25) is 5.91 Å². The van der Waals surface area contributed by atoms with Gasteiger partial charge in [-0.05, 0) is 42.3 Å². The number of hydrogen-bond acceptors (Lipinski definition) is 5. The standard InChI is InChI=1S/C20H16Cl2N6O2/c1-12-2-5-15(22)8-16(12)24-17(29)10-27-11-23-19-18(20(27)30)25-26-28(19)9-13-3-6-14(21)7-4-13/h2-8,11H,9-10H2,1H3,(H,24,29). The van der Waals surface area contributed by atoms with Crippen LogP contribution in [0.3, 0.4) is 0 Å². The third-order valence-corrected chi connectivity index (χ3v) is 5.01. The molecule has 0 aliphatic carbocycles. The Morgan fingerprint density at radius 3 is 2.60 bits per heavy atom. The summed E-state index contributed by atoms with van der Waals surface area (Å²) in [6, 6.07) is 12.5. The number of anilines is 1. The number of hydrogen-bond donors (Lipinski definition) is 1. The maximum atomic E-state index is 12.7. The molecule has 0 spiro atoms. The first-order valence-corrected chi connectivity index (χ1v) is 9.75. The van der Waals surface area contributed by atoms with E-state index in [9.17, 15) is 9.59 Å². The topological polar surface area (TPSA) is 94.7 Å². The second-order valence-corrected chi connectivity index (χ2v) is 7.60. The molecule has 4 aromatic rings. The number of nitrogens with one attached hydrogen (secondary N) is 1. The molecule has 0 saturated carbocycles. The number of rotatable bonds is 5. The van der Waals surface area contributed by atoms with Gasteiger partial charge in [-0.25, -0.2) is 9.67 Å². The van der Waals surface area contributed by atoms with E-state index in [2.05, 4.69) is 20.6 Å². The van der Waals surface area contributed by atoms with Crippen molar-refractivity contribution >= 4 is 46.0 Å². The molecule has 152 valence electrons. The molecule has 0 bridgehead atoms. The molecule has 0 radical (unpaired) electrons. The summed E-state index contributed by atoms with van der Waals surface area (Å²) in [5.41, 5.74) is 2.38. The van der Waals surface area contributed by atoms with Crippen LogP contribution in [0.1, 0.15) is 11.1 Å². The lowest BCUT2D eigenvalue weighted by Crippen LogP contribution is -2.28. The first-order chi connectivity index (χ1) is 14.4. The molecule has 8 nitrogen and oxygen atoms in total. The first kappa shape index (κ1) is 20.1. The summed E-state index contributed by atoms with van der Waals surface area (Å²) in [6.45, 7) is 2.03. The van der Waals surface area contributed by atoms with Crippen molar-refractivity contribution < 1.29 is 4.79 Å². The third kappa shape index (κ3) is 4.19. The van der Waals surface area contributed by atoms with Gasteiger partial charge in [-0.3, -0.25) is 14.2 Å². The Labute approximate surface area is 181 Å². The normalized spacial score (nSPS) is 11.0. The van der Waals surface area contributed by atoms with E-state index in [1.807, 2.05) is 19.1 Å². The maximum Gasteiger partial charge on any atom is 0.283 e. The van der Waals surface area contributed by atoms with Crippen molar-refractivity contribution in [1.82, 2.24) is 24.5 Å². The predicted molar refractivity (Wildman–Crippen MR) is 115 cm³/mol. The third-order valence-electron chi connectivity index (χ3n) is 4.53. The quantitative estimate of drug-likeness (QED) is 0.511. The SMILES string of the molecule is Cc1ccc(Cl)cc1NC(=O)Cn1cnc2c(nnn2Cc2ccc(Cl)cc2)c1=O. The van der Waals surface area contributed by atoms with Crippen LogP contribution < -0.4 is 10.9 Å². The van der Waals surface area contributed by atoms with Crippen LogP contribution in [0.5, 0.6) is 0 Å². The van der Waals surface area contributed by atoms with E-state index in [0.29, 0.717) is 27.9 Å². The van der Waals surface area contributed by atoms with E-state index in [0.717, 1.165) is 11.1 Å². The van der Waals surface area contributed by atoms with E-state index in [4.69, 9.17) is 23.2 Å². The van der Waals surface area contributed by atoms with Gasteiger partial charge in [0.1, 0.15) is 12.9 Å². The zero-order chi connectivity index (χ0) is 21.3. The van der Waals surface area contributed by atoms with Crippen molar-refractivity contribution in [1.29, 1.82) is 0 Å². The minimum absolute atomic E-state index is 0.0956. The molecule has 0 unspecified atom stereocenters. The summed E-state index contributed by atoms with van der Waals surface area (Å²) in [6.07, 6.45) is 1.32. The highest BCUT2D eigenvalue weighted by molar-refractivity contribution is 6.31. The minimum atomic E-state index is -0.444. The predicted octanol–water partition coefficient (Wildman–Crippen LogP) is 3.29. The lowest BCUT2D eigenvalue weighted by Gasteiger charge is -2.10. The Balaban J connectivity index is 1.55. The van der Waals surface area contributed by atoms with Crippen molar-refractivity contribution in [2.24, 2.45) is 0 Å². The average molecular weight is 443 g/mol. The van der Waals surface area contributed by atoms with Crippen LogP contribution in [0.15, 0.2) is 53.6 Å². The summed E-state index contributed by atoms with van der Waals surface area (Å²) >= 11 is 11.9. The van der Waals surface area contributed by atoms with Gasteiger partial charge in [0.25, 0.3) is 5.56 Å². The number of carbonyl (C=O) groups is 1. The Morgan fingerprint density at radius 1 is 1.10 bits per heavy atom. The molecule has 0 aliphatic heterocycles. The van der Waals surface area contributed by atoms with Crippen LogP contribution in [0.2, 0.25) is 10.0 Å². The molecule has 10 heteroatoms. The highest BCUT2D eigenvalue weighted by Crippen LogP contribution is 2.20. The molecule has 0 aliphatic rings. The fourth-order valence-electron chi connectivity index (χ4n) is 2.94. The minimum Gasteiger partial charge on any atom is -0.324 e. The molecule has 0 atom stereocenters. The smallest absolute Gasteiger partial charge is 0.283 e. The van der Waals surface area contributed by atoms with E-state index >= 15 is 0 Å². The van der Waals surface area contributed by atoms with Gasteiger partial charge >= 0.3 is 0 Å². The number of fused-ring (bicyclic) bond motifs is 1. The van der Waals surface area contributed by atoms with Crippen LogP contribution in [0.25, 0.3) is 11.2 Å². The van der Waals surface area contributed by atoms with Gasteiger partial charge in [-0.15, -0.1) is 5.10 Å². The summed E-state index contributed by atoms with van der Waals surface area (Å²) in [7, 11) is 0. The van der Waals surface area contributed by atoms with Gasteiger partial charge < -0.3 is 5.32 Å². The molecule has 1 N–H and O–H groups in total. The molecule has 2 heterocycles. The molecule has 4 rings (SSSR count). The van der Waals surface area contributed by atoms with Gasteiger partial charge in [-0.2, -0.15) is 0 Å². The number of benzene rings is 2. The Morgan fingerprint density at radius 2 is 1.83 bits per heavy atom. The molecule has 30 heavy (non-hydrogen) atoms. The lowest BCUT2D eigenvalue weighted by molar-refractivity contribution is -0.116. The first-order valence-electron chi connectivity index (χ1n) is 9.00. The zero-order valence-electron chi connectivity index (χ0n) is 15.8. The van der Waals surface area contributed by atoms with Gasteiger partial charge in [0.05, 0.1) is 6.54 Å². The van der Waals surface area contributed by atoms with Crippen LogP contribution in [0, 0.1) is 6.92 Å². The van der Waals surface area contributed by atoms with E-state index in [1.54, 1.807) is 30.3 Å². The highest BCUT2D eigenvalue weighted by atomic mass is 35.5. The molecule has 2 aromatic carbocycles. The Kier molecular flexibility index (Phi) is 5.52. The zero-order valence-corrected chi connectivity index (χ0v) is 17.4. The monoisotopic (exact) mass is 442 g/mol. The number of carbonyl (C=O) groups excluding carboxylic acids is 1. The molecule has 0 saturated heterocycles. The second kappa shape index (κ2) is 8.25. The van der Waals surface area contributed by atoms with Crippen molar-refractivity contribution in [3.63, 3.8) is 0 Å². The van der Waals surface area contributed by atoms with Crippen LogP contribution in [0.4, 0.5) is 5.69 Å². The lowest BCUT2D eigenvalue weighted by atomic mass is 10.2. The number of aryl methyl sites for hydroxylation is 1. The summed E-state index contributed by atoms with van der Waals surface area (Å²) in [5.74, 6) is -0.378. The van der Waals surface area contributed by atoms with Crippen molar-refractivity contribution in [2.45, 2.75) is 20.0 Å². The number of nitrogens with zero attached hydrogens (tertiary/aromatic N) is 5. The number of halogens is 2. The van der Waals surface area contributed by atoms with Gasteiger partial charge in [-0.1, -0.05) is 46.6 Å². The molecular formula is C20H16Cl2N6O2. The van der Waals surface area contributed by atoms with Crippen molar-refractivity contribution in [2.75, 3.05) is 5.32 Å². The van der Waals surface area contributed by atoms with Gasteiger partial charge in [0, 0.05) is 15.7 Å². The summed E-state index contributed by atoms with van der Waals surface area (Å²) in [5, 5.41) is 11.9. The number of amides is 1. The van der Waals surface area contributed by atoms with Crippen LogP contribution in [-0.4, -0.2) is 30.5 Å². The summed E-state index contributed by atoms with van der Waals surface area (Å²) in [4.78, 5) is 29.4. The Bertz CT molecular complexity index is 1300. The fraction of sp³-hybridized carbons (Fsp3) is 0.150. The summed E-state index contributed by atoms with van der Waals surface area (Å²) < 4.78 is 2.72. The molecular weight excluding hydrogens is 427 g/mol. The maximum absolute atomic E-state index is 12.7. The van der Waals surface area contributed by atoms with Crippen LogP contribution in [-0.2, 0) is 17.9 Å². The van der Waals surface area contributed by atoms with E-state index in [-0.39, 0.29) is 18.0 Å². The van der Waals surface area contributed by atoms with E-state index in [1.165, 1.54) is 15.6 Å². The van der Waals surface area contributed by atoms with Crippen LogP contribution >= 0.6 is 23.2 Å². The van der Waals surface area contributed by atoms with Crippen molar-refractivity contribution in [3.8, 4) is 0 Å². The van der Waals surface area contributed by atoms with E-state index < -0.39 is 5.56 Å². The molecule has 0 fully saturated rings. The average Bonchev–Trinajstić information content (AvgIpc) is 3.12. The van der Waals surface area contributed by atoms with Crippen molar-refractivity contribution in [3.05, 3.63) is 80.3 Å².